The zero-order valence-electron chi connectivity index (χ0n) is 12.8. The zero-order valence-corrected chi connectivity index (χ0v) is 15.1. The van der Waals surface area contributed by atoms with E-state index in [1.165, 1.54) is 30.3 Å². The molecule has 1 aliphatic carbocycles. The van der Waals surface area contributed by atoms with Crippen molar-refractivity contribution in [2.45, 2.75) is 11.3 Å². The fourth-order valence-electron chi connectivity index (χ4n) is 2.50. The molecule has 1 fully saturated rings. The zero-order chi connectivity index (χ0) is 18.2. The smallest absolute Gasteiger partial charge is 0.264 e. The molecule has 5 nitrogen and oxygen atoms in total. The molecule has 2 atom stereocenters. The van der Waals surface area contributed by atoms with Crippen LogP contribution in [0.5, 0.6) is 0 Å². The van der Waals surface area contributed by atoms with Crippen LogP contribution >= 0.6 is 23.2 Å². The molecule has 0 radical (unpaired) electrons. The summed E-state index contributed by atoms with van der Waals surface area (Å²) >= 11 is 11.7. The van der Waals surface area contributed by atoms with Gasteiger partial charge in [-0.05, 0) is 36.8 Å². The summed E-state index contributed by atoms with van der Waals surface area (Å²) in [5.41, 5.74) is 0.348. The first kappa shape index (κ1) is 17.9. The highest BCUT2D eigenvalue weighted by molar-refractivity contribution is 7.90. The number of sulfonamides is 1. The lowest BCUT2D eigenvalue weighted by atomic mass is 10.1. The van der Waals surface area contributed by atoms with Crippen LogP contribution in [0.3, 0.4) is 0 Å². The van der Waals surface area contributed by atoms with Crippen molar-refractivity contribution in [3.8, 4) is 0 Å². The third kappa shape index (κ3) is 3.86. The van der Waals surface area contributed by atoms with Gasteiger partial charge >= 0.3 is 0 Å². The predicted octanol–water partition coefficient (Wildman–Crippen LogP) is 3.32. The topological polar surface area (TPSA) is 80.3 Å². The van der Waals surface area contributed by atoms with E-state index in [0.29, 0.717) is 17.0 Å². The van der Waals surface area contributed by atoms with Gasteiger partial charge in [-0.2, -0.15) is 0 Å². The molecule has 0 bridgehead atoms. The molecule has 2 aromatic rings. The van der Waals surface area contributed by atoms with Crippen molar-refractivity contribution < 1.29 is 18.0 Å². The number of amides is 1. The van der Waals surface area contributed by atoms with Gasteiger partial charge in [-0.25, -0.2) is 13.1 Å². The molecular weight excluding hydrogens is 385 g/mol. The minimum atomic E-state index is -3.94. The molecule has 3 rings (SSSR count). The van der Waals surface area contributed by atoms with Crippen molar-refractivity contribution in [2.24, 2.45) is 11.8 Å². The number of carbonyl (C=O) groups excluding carboxylic acids is 2. The standard InChI is InChI=1S/C17H13Cl2NO4S/c18-14-7-6-10(8-15(14)19)16(21)12-9-13(12)17(22)20-25(23,24)11-4-2-1-3-5-11/h1-8,12-13H,9H2,(H,20,22). The fraction of sp³-hybridized carbons (Fsp3) is 0.176. The first-order chi connectivity index (χ1) is 11.8. The molecule has 1 saturated carbocycles. The summed E-state index contributed by atoms with van der Waals surface area (Å²) in [5, 5.41) is 0.582. The van der Waals surface area contributed by atoms with Crippen molar-refractivity contribution >= 4 is 44.9 Å². The van der Waals surface area contributed by atoms with E-state index >= 15 is 0 Å². The van der Waals surface area contributed by atoms with Crippen molar-refractivity contribution in [1.82, 2.24) is 4.72 Å². The van der Waals surface area contributed by atoms with Crippen molar-refractivity contribution in [2.75, 3.05) is 0 Å². The fourth-order valence-corrected chi connectivity index (χ4v) is 3.85. The summed E-state index contributed by atoms with van der Waals surface area (Å²) in [6.45, 7) is 0. The molecule has 8 heteroatoms. The Labute approximate surface area is 155 Å². The lowest BCUT2D eigenvalue weighted by Gasteiger charge is -2.06. The Morgan fingerprint density at radius 1 is 0.960 bits per heavy atom. The number of halogens is 2. The maximum atomic E-state index is 12.4. The van der Waals surface area contributed by atoms with Gasteiger partial charge in [-0.1, -0.05) is 41.4 Å². The van der Waals surface area contributed by atoms with Gasteiger partial charge in [0.25, 0.3) is 10.0 Å². The van der Waals surface area contributed by atoms with E-state index in [1.807, 2.05) is 4.72 Å². The van der Waals surface area contributed by atoms with Crippen LogP contribution in [0.1, 0.15) is 16.8 Å². The summed E-state index contributed by atoms with van der Waals surface area (Å²) in [6, 6.07) is 12.1. The molecule has 1 aliphatic rings. The first-order valence-electron chi connectivity index (χ1n) is 7.40. The molecule has 1 amide bonds. The highest BCUT2D eigenvalue weighted by Gasteiger charge is 2.49. The molecule has 0 heterocycles. The van der Waals surface area contributed by atoms with E-state index in [4.69, 9.17) is 23.2 Å². The van der Waals surface area contributed by atoms with Gasteiger partial charge in [0.15, 0.2) is 5.78 Å². The minimum absolute atomic E-state index is 0.00337. The van der Waals surface area contributed by atoms with Gasteiger partial charge in [0.2, 0.25) is 5.91 Å². The van der Waals surface area contributed by atoms with Crippen molar-refractivity contribution in [3.63, 3.8) is 0 Å². The molecule has 0 saturated heterocycles. The summed E-state index contributed by atoms with van der Waals surface area (Å²) in [4.78, 5) is 24.6. The molecule has 0 spiro atoms. The lowest BCUT2D eigenvalue weighted by molar-refractivity contribution is -0.120. The summed E-state index contributed by atoms with van der Waals surface area (Å²) < 4.78 is 26.3. The van der Waals surface area contributed by atoms with Crippen molar-refractivity contribution in [1.29, 1.82) is 0 Å². The molecule has 0 aliphatic heterocycles. The maximum absolute atomic E-state index is 12.4. The number of carbonyl (C=O) groups is 2. The Kier molecular flexibility index (Phi) is 4.86. The Morgan fingerprint density at radius 3 is 2.28 bits per heavy atom. The maximum Gasteiger partial charge on any atom is 0.264 e. The molecule has 1 N–H and O–H groups in total. The summed E-state index contributed by atoms with van der Waals surface area (Å²) in [5.74, 6) is -2.15. The van der Waals surface area contributed by atoms with E-state index in [0.717, 1.165) is 0 Å². The number of rotatable bonds is 5. The Hall–Kier alpha value is -1.89. The molecule has 0 aromatic heterocycles. The second-order valence-electron chi connectivity index (χ2n) is 5.72. The molecule has 25 heavy (non-hydrogen) atoms. The van der Waals surface area contributed by atoms with Crippen LogP contribution in [0.25, 0.3) is 0 Å². The first-order valence-corrected chi connectivity index (χ1v) is 9.64. The highest BCUT2D eigenvalue weighted by atomic mass is 35.5. The van der Waals surface area contributed by atoms with E-state index in [1.54, 1.807) is 18.2 Å². The Morgan fingerprint density at radius 2 is 1.64 bits per heavy atom. The van der Waals surface area contributed by atoms with E-state index in [-0.39, 0.29) is 15.7 Å². The Balaban J connectivity index is 1.68. The van der Waals surface area contributed by atoms with Gasteiger partial charge in [0.1, 0.15) is 0 Å². The van der Waals surface area contributed by atoms with Crippen LogP contribution in [0.15, 0.2) is 53.4 Å². The largest absolute Gasteiger partial charge is 0.294 e. The second-order valence-corrected chi connectivity index (χ2v) is 8.22. The number of nitrogens with one attached hydrogen (secondary N) is 1. The molecular formula is C17H13Cl2NO4S. The highest BCUT2D eigenvalue weighted by Crippen LogP contribution is 2.42. The average molecular weight is 398 g/mol. The van der Waals surface area contributed by atoms with E-state index < -0.39 is 27.8 Å². The number of hydrogen-bond acceptors (Lipinski definition) is 4. The lowest BCUT2D eigenvalue weighted by Crippen LogP contribution is -2.32. The quantitative estimate of drug-likeness (QED) is 0.784. The average Bonchev–Trinajstić information content (AvgIpc) is 3.38. The SMILES string of the molecule is O=C(NS(=O)(=O)c1ccccc1)C1CC1C(=O)c1ccc(Cl)c(Cl)c1. The van der Waals surface area contributed by atoms with Gasteiger partial charge in [-0.15, -0.1) is 0 Å². The number of Topliss-reactive ketones (excluding diaryl/α,β-unsaturated/α-hetero) is 1. The van der Waals surface area contributed by atoms with E-state index in [9.17, 15) is 18.0 Å². The second kappa shape index (κ2) is 6.78. The van der Waals surface area contributed by atoms with Gasteiger partial charge in [0, 0.05) is 17.4 Å². The van der Waals surface area contributed by atoms with Gasteiger partial charge in [-0.3, -0.25) is 9.59 Å². The predicted molar refractivity (Wildman–Crippen MR) is 94.2 cm³/mol. The normalized spacial score (nSPS) is 19.3. The monoisotopic (exact) mass is 397 g/mol. The molecule has 130 valence electrons. The minimum Gasteiger partial charge on any atom is -0.294 e. The van der Waals surface area contributed by atoms with E-state index in [2.05, 4.69) is 0 Å². The molecule has 2 aromatic carbocycles. The van der Waals surface area contributed by atoms with Crippen LogP contribution in [-0.2, 0) is 14.8 Å². The number of hydrogen-bond donors (Lipinski definition) is 1. The van der Waals surface area contributed by atoms with Crippen LogP contribution in [-0.4, -0.2) is 20.1 Å². The Bertz CT molecular complexity index is 944. The van der Waals surface area contributed by atoms with Gasteiger partial charge < -0.3 is 0 Å². The summed E-state index contributed by atoms with van der Waals surface area (Å²) in [7, 11) is -3.94. The summed E-state index contributed by atoms with van der Waals surface area (Å²) in [6.07, 6.45) is 0.301. The van der Waals surface area contributed by atoms with Crippen molar-refractivity contribution in [3.05, 3.63) is 64.1 Å². The van der Waals surface area contributed by atoms with Gasteiger partial charge in [0.05, 0.1) is 14.9 Å². The van der Waals surface area contributed by atoms with Crippen LogP contribution in [0.2, 0.25) is 10.0 Å². The van der Waals surface area contributed by atoms with Crippen LogP contribution in [0.4, 0.5) is 0 Å². The number of benzene rings is 2. The molecule has 2 unspecified atom stereocenters. The third-order valence-electron chi connectivity index (χ3n) is 3.96. The number of ketones is 1. The van der Waals surface area contributed by atoms with Crippen LogP contribution < -0.4 is 4.72 Å². The van der Waals surface area contributed by atoms with Crippen LogP contribution in [0, 0.1) is 11.8 Å². The third-order valence-corrected chi connectivity index (χ3v) is 6.06.